The van der Waals surface area contributed by atoms with E-state index >= 15 is 0 Å². The second kappa shape index (κ2) is 7.49. The zero-order valence-electron chi connectivity index (χ0n) is 13.7. The molecule has 0 atom stereocenters. The minimum absolute atomic E-state index is 0.0549. The zero-order chi connectivity index (χ0) is 16.1. The topological polar surface area (TPSA) is 55.8 Å². The van der Waals surface area contributed by atoms with Gasteiger partial charge >= 0.3 is 6.03 Å². The molecule has 0 bridgehead atoms. The van der Waals surface area contributed by atoms with E-state index in [-0.39, 0.29) is 12.6 Å². The molecule has 1 aromatic rings. The molecule has 2 amide bonds. The second-order valence-corrected chi connectivity index (χ2v) is 6.30. The Bertz CT molecular complexity index is 496. The van der Waals surface area contributed by atoms with Crippen LogP contribution in [0.3, 0.4) is 0 Å². The molecule has 1 aliphatic heterocycles. The predicted octanol–water partition coefficient (Wildman–Crippen LogP) is 2.77. The number of likely N-dealkylation sites (tertiary alicyclic amines) is 1. The summed E-state index contributed by atoms with van der Waals surface area (Å²) in [6, 6.07) is 8.27. The molecule has 1 heterocycles. The number of piperidine rings is 1. The second-order valence-electron chi connectivity index (χ2n) is 6.30. The van der Waals surface area contributed by atoms with Gasteiger partial charge in [0, 0.05) is 44.2 Å². The highest BCUT2D eigenvalue weighted by atomic mass is 16.3. The van der Waals surface area contributed by atoms with E-state index in [0.29, 0.717) is 25.0 Å². The number of carbonyl (C=O) groups is 1. The van der Waals surface area contributed by atoms with E-state index in [9.17, 15) is 4.79 Å². The molecule has 0 radical (unpaired) electrons. The fourth-order valence-corrected chi connectivity index (χ4v) is 2.62. The maximum atomic E-state index is 12.3. The Morgan fingerprint density at radius 3 is 2.68 bits per heavy atom. The normalized spacial score (nSPS) is 16.0. The number of amides is 2. The van der Waals surface area contributed by atoms with Crippen LogP contribution in [0.2, 0.25) is 0 Å². The molecule has 22 heavy (non-hydrogen) atoms. The van der Waals surface area contributed by atoms with Gasteiger partial charge in [-0.05, 0) is 50.8 Å². The summed E-state index contributed by atoms with van der Waals surface area (Å²) in [4.78, 5) is 16.3. The van der Waals surface area contributed by atoms with Gasteiger partial charge in [0.25, 0.3) is 0 Å². The van der Waals surface area contributed by atoms with Crippen molar-refractivity contribution in [1.29, 1.82) is 0 Å². The van der Waals surface area contributed by atoms with Crippen LogP contribution in [0.15, 0.2) is 24.3 Å². The first kappa shape index (κ1) is 16.6. The maximum Gasteiger partial charge on any atom is 0.321 e. The number of urea groups is 1. The van der Waals surface area contributed by atoms with Crippen LogP contribution in [0.5, 0.6) is 0 Å². The molecule has 5 heteroatoms. The van der Waals surface area contributed by atoms with Crippen molar-refractivity contribution in [1.82, 2.24) is 4.90 Å². The summed E-state index contributed by atoms with van der Waals surface area (Å²) in [5, 5.41) is 12.1. The van der Waals surface area contributed by atoms with Crippen LogP contribution in [-0.2, 0) is 0 Å². The molecule has 1 saturated heterocycles. The zero-order valence-corrected chi connectivity index (χ0v) is 13.7. The Kier molecular flexibility index (Phi) is 5.66. The summed E-state index contributed by atoms with van der Waals surface area (Å²) >= 11 is 0. The third kappa shape index (κ3) is 4.13. The van der Waals surface area contributed by atoms with E-state index in [4.69, 9.17) is 5.11 Å². The number of nitrogens with one attached hydrogen (secondary N) is 1. The summed E-state index contributed by atoms with van der Waals surface area (Å²) in [6.45, 7) is 5.91. The Morgan fingerprint density at radius 1 is 1.41 bits per heavy atom. The molecular weight excluding hydrogens is 278 g/mol. The van der Waals surface area contributed by atoms with E-state index in [1.54, 1.807) is 0 Å². The van der Waals surface area contributed by atoms with Gasteiger partial charge in [0.05, 0.1) is 0 Å². The van der Waals surface area contributed by atoms with Gasteiger partial charge in [0.1, 0.15) is 0 Å². The first-order valence-electron chi connectivity index (χ1n) is 8.01. The van der Waals surface area contributed by atoms with E-state index in [2.05, 4.69) is 24.1 Å². The monoisotopic (exact) mass is 305 g/mol. The van der Waals surface area contributed by atoms with Gasteiger partial charge in [-0.2, -0.15) is 0 Å². The van der Waals surface area contributed by atoms with Crippen LogP contribution < -0.4 is 10.2 Å². The first-order chi connectivity index (χ1) is 10.5. The number of benzene rings is 1. The lowest BCUT2D eigenvalue weighted by atomic mass is 9.98. The Labute approximate surface area is 132 Å². The minimum Gasteiger partial charge on any atom is -0.396 e. The van der Waals surface area contributed by atoms with Crippen LogP contribution in [-0.4, -0.2) is 48.8 Å². The molecule has 0 unspecified atom stereocenters. The molecular formula is C17H27N3O2. The van der Waals surface area contributed by atoms with Crippen molar-refractivity contribution in [3.8, 4) is 0 Å². The molecule has 122 valence electrons. The van der Waals surface area contributed by atoms with Crippen molar-refractivity contribution < 1.29 is 9.90 Å². The van der Waals surface area contributed by atoms with Crippen molar-refractivity contribution in [2.75, 3.05) is 37.0 Å². The lowest BCUT2D eigenvalue weighted by Crippen LogP contribution is -2.41. The van der Waals surface area contributed by atoms with Crippen LogP contribution in [0.4, 0.5) is 16.2 Å². The summed E-state index contributed by atoms with van der Waals surface area (Å²) in [5.41, 5.74) is 1.91. The lowest BCUT2D eigenvalue weighted by Gasteiger charge is -2.31. The van der Waals surface area contributed by atoms with Gasteiger partial charge in [-0.25, -0.2) is 4.79 Å². The molecule has 2 rings (SSSR count). The molecule has 0 spiro atoms. The quantitative estimate of drug-likeness (QED) is 0.899. The van der Waals surface area contributed by atoms with Gasteiger partial charge in [0.15, 0.2) is 0 Å². The van der Waals surface area contributed by atoms with Crippen molar-refractivity contribution in [3.63, 3.8) is 0 Å². The van der Waals surface area contributed by atoms with E-state index in [0.717, 1.165) is 24.2 Å². The maximum absolute atomic E-state index is 12.3. The number of hydrogen-bond donors (Lipinski definition) is 2. The highest BCUT2D eigenvalue weighted by Crippen LogP contribution is 2.21. The third-order valence-electron chi connectivity index (χ3n) is 4.44. The third-order valence-corrected chi connectivity index (χ3v) is 4.44. The number of nitrogens with zero attached hydrogens (tertiary/aromatic N) is 2. The van der Waals surface area contributed by atoms with Crippen LogP contribution >= 0.6 is 0 Å². The summed E-state index contributed by atoms with van der Waals surface area (Å²) in [5.74, 6) is 0.340. The van der Waals surface area contributed by atoms with Gasteiger partial charge < -0.3 is 20.2 Å². The van der Waals surface area contributed by atoms with Crippen molar-refractivity contribution >= 4 is 17.4 Å². The molecule has 0 aliphatic carbocycles. The van der Waals surface area contributed by atoms with E-state index in [1.807, 2.05) is 36.2 Å². The first-order valence-corrected chi connectivity index (χ1v) is 8.01. The molecule has 1 fully saturated rings. The standard InChI is InChI=1S/C17H27N3O2/c1-13(2)19(3)16-6-4-5-15(11-16)18-17(22)20-9-7-14(12-21)8-10-20/h4-6,11,13-14,21H,7-10,12H2,1-3H3,(H,18,22). The van der Waals surface area contributed by atoms with Crippen LogP contribution in [0, 0.1) is 5.92 Å². The van der Waals surface area contributed by atoms with Crippen molar-refractivity contribution in [2.24, 2.45) is 5.92 Å². The molecule has 1 aliphatic rings. The Balaban J connectivity index is 1.96. The Hall–Kier alpha value is -1.75. The number of carbonyl (C=O) groups excluding carboxylic acids is 1. The number of anilines is 2. The molecule has 2 N–H and O–H groups in total. The summed E-state index contributed by atoms with van der Waals surface area (Å²) in [7, 11) is 2.05. The highest BCUT2D eigenvalue weighted by molar-refractivity contribution is 5.90. The number of hydrogen-bond acceptors (Lipinski definition) is 3. The minimum atomic E-state index is -0.0549. The van der Waals surface area contributed by atoms with Gasteiger partial charge in [0.2, 0.25) is 0 Å². The molecule has 1 aromatic carbocycles. The fraction of sp³-hybridized carbons (Fsp3) is 0.588. The summed E-state index contributed by atoms with van der Waals surface area (Å²) < 4.78 is 0. The van der Waals surface area contributed by atoms with Crippen LogP contribution in [0.1, 0.15) is 26.7 Å². The largest absolute Gasteiger partial charge is 0.396 e. The number of rotatable bonds is 4. The molecule has 5 nitrogen and oxygen atoms in total. The smallest absolute Gasteiger partial charge is 0.321 e. The summed E-state index contributed by atoms with van der Waals surface area (Å²) in [6.07, 6.45) is 1.75. The average Bonchev–Trinajstić information content (AvgIpc) is 2.54. The Morgan fingerprint density at radius 2 is 2.09 bits per heavy atom. The predicted molar refractivity (Wildman–Crippen MR) is 90.4 cm³/mol. The van der Waals surface area contributed by atoms with Crippen molar-refractivity contribution in [2.45, 2.75) is 32.7 Å². The number of aliphatic hydroxyl groups is 1. The van der Waals surface area contributed by atoms with Gasteiger partial charge in [-0.15, -0.1) is 0 Å². The molecule has 0 aromatic heterocycles. The number of aliphatic hydroxyl groups excluding tert-OH is 1. The molecule has 0 saturated carbocycles. The lowest BCUT2D eigenvalue weighted by molar-refractivity contribution is 0.143. The fourth-order valence-electron chi connectivity index (χ4n) is 2.62. The van der Waals surface area contributed by atoms with Gasteiger partial charge in [-0.1, -0.05) is 6.07 Å². The van der Waals surface area contributed by atoms with Gasteiger partial charge in [-0.3, -0.25) is 0 Å². The van der Waals surface area contributed by atoms with Crippen molar-refractivity contribution in [3.05, 3.63) is 24.3 Å². The van der Waals surface area contributed by atoms with E-state index in [1.165, 1.54) is 0 Å². The van der Waals surface area contributed by atoms with E-state index < -0.39 is 0 Å². The SMILES string of the molecule is CC(C)N(C)c1cccc(NC(=O)N2CCC(CO)CC2)c1. The highest BCUT2D eigenvalue weighted by Gasteiger charge is 2.22. The average molecular weight is 305 g/mol. The van der Waals surface area contributed by atoms with Crippen LogP contribution in [0.25, 0.3) is 0 Å².